The molecule has 1 unspecified atom stereocenters. The number of hydrogen-bond acceptors (Lipinski definition) is 3. The maximum Gasteiger partial charge on any atom is 0.240 e. The Morgan fingerprint density at radius 1 is 1.40 bits per heavy atom. The molecule has 0 radical (unpaired) electrons. The third-order valence-corrected chi connectivity index (χ3v) is 4.55. The summed E-state index contributed by atoms with van der Waals surface area (Å²) in [5.41, 5.74) is -0.272. The van der Waals surface area contributed by atoms with Crippen molar-refractivity contribution in [2.45, 2.75) is 50.5 Å². The maximum atomic E-state index is 13.2. The van der Waals surface area contributed by atoms with E-state index in [0.29, 0.717) is 0 Å². The molecule has 1 N–H and O–H groups in total. The lowest BCUT2D eigenvalue weighted by atomic mass is 10.1. The summed E-state index contributed by atoms with van der Waals surface area (Å²) < 4.78 is 40.0. The van der Waals surface area contributed by atoms with E-state index >= 15 is 0 Å². The molecular weight excluding hydrogens is 279 g/mol. The largest absolute Gasteiger partial charge is 0.240 e. The van der Waals surface area contributed by atoms with E-state index in [1.807, 2.05) is 0 Å². The Morgan fingerprint density at radius 3 is 2.70 bits per heavy atom. The van der Waals surface area contributed by atoms with Gasteiger partial charge >= 0.3 is 0 Å². The van der Waals surface area contributed by atoms with Crippen LogP contribution in [0.1, 0.15) is 45.1 Å². The maximum absolute atomic E-state index is 13.2. The summed E-state index contributed by atoms with van der Waals surface area (Å²) in [6.45, 7) is 3.87. The monoisotopic (exact) mass is 298 g/mol. The minimum absolute atomic E-state index is 0.0854. The molecule has 0 aliphatic carbocycles. The van der Waals surface area contributed by atoms with Crippen LogP contribution in [0, 0.1) is 17.1 Å². The molecule has 0 spiro atoms. The molecule has 0 fully saturated rings. The highest BCUT2D eigenvalue weighted by molar-refractivity contribution is 7.89. The van der Waals surface area contributed by atoms with Crippen molar-refractivity contribution in [3.63, 3.8) is 0 Å². The Hall–Kier alpha value is -1.45. The molecule has 1 atom stereocenters. The molecule has 1 aromatic rings. The van der Waals surface area contributed by atoms with Crippen molar-refractivity contribution in [1.29, 1.82) is 5.26 Å². The zero-order valence-electron chi connectivity index (χ0n) is 11.7. The normalized spacial score (nSPS) is 12.9. The van der Waals surface area contributed by atoms with Gasteiger partial charge in [-0.05, 0) is 31.5 Å². The number of halogens is 1. The van der Waals surface area contributed by atoms with Crippen LogP contribution in [0.25, 0.3) is 0 Å². The molecule has 20 heavy (non-hydrogen) atoms. The third-order valence-electron chi connectivity index (χ3n) is 2.97. The lowest BCUT2D eigenvalue weighted by Gasteiger charge is -2.14. The van der Waals surface area contributed by atoms with Gasteiger partial charge in [0.2, 0.25) is 10.0 Å². The summed E-state index contributed by atoms with van der Waals surface area (Å²) in [5.74, 6) is -0.720. The molecule has 0 aliphatic rings. The van der Waals surface area contributed by atoms with Crippen molar-refractivity contribution in [3.05, 3.63) is 29.6 Å². The molecule has 0 saturated carbocycles. The van der Waals surface area contributed by atoms with E-state index in [0.717, 1.165) is 43.9 Å². The standard InChI is InChI=1S/C14H19FN2O2S/c1-3-4-5-6-11(2)17-20(18,19)13-7-8-14(15)12(9-13)10-16/h7-9,11,17H,3-6H2,1-2H3. The van der Waals surface area contributed by atoms with E-state index in [1.165, 1.54) is 0 Å². The Balaban J connectivity index is 2.81. The van der Waals surface area contributed by atoms with Crippen molar-refractivity contribution in [2.75, 3.05) is 0 Å². The molecule has 1 rings (SSSR count). The van der Waals surface area contributed by atoms with Gasteiger partial charge < -0.3 is 0 Å². The van der Waals surface area contributed by atoms with E-state index in [1.54, 1.807) is 13.0 Å². The van der Waals surface area contributed by atoms with Gasteiger partial charge in [-0.25, -0.2) is 17.5 Å². The second kappa shape index (κ2) is 7.36. The van der Waals surface area contributed by atoms with Crippen LogP contribution in [-0.4, -0.2) is 14.5 Å². The first-order chi connectivity index (χ1) is 9.40. The first-order valence-corrected chi connectivity index (χ1v) is 8.11. The van der Waals surface area contributed by atoms with Crippen LogP contribution >= 0.6 is 0 Å². The van der Waals surface area contributed by atoms with Gasteiger partial charge in [0.05, 0.1) is 10.5 Å². The van der Waals surface area contributed by atoms with Crippen LogP contribution in [0.2, 0.25) is 0 Å². The quantitative estimate of drug-likeness (QED) is 0.787. The van der Waals surface area contributed by atoms with Crippen molar-refractivity contribution in [2.24, 2.45) is 0 Å². The second-order valence-electron chi connectivity index (χ2n) is 4.77. The highest BCUT2D eigenvalue weighted by Gasteiger charge is 2.18. The van der Waals surface area contributed by atoms with Gasteiger partial charge in [0.25, 0.3) is 0 Å². The van der Waals surface area contributed by atoms with Crippen LogP contribution in [-0.2, 0) is 10.0 Å². The fourth-order valence-electron chi connectivity index (χ4n) is 1.85. The van der Waals surface area contributed by atoms with E-state index < -0.39 is 15.8 Å². The van der Waals surface area contributed by atoms with Gasteiger partial charge in [-0.2, -0.15) is 5.26 Å². The fourth-order valence-corrected chi connectivity index (χ4v) is 3.15. The summed E-state index contributed by atoms with van der Waals surface area (Å²) in [6.07, 6.45) is 3.83. The van der Waals surface area contributed by atoms with Crippen molar-refractivity contribution in [1.82, 2.24) is 4.72 Å². The zero-order chi connectivity index (χ0) is 15.2. The van der Waals surface area contributed by atoms with Crippen LogP contribution in [0.3, 0.4) is 0 Å². The minimum Gasteiger partial charge on any atom is -0.208 e. The number of benzene rings is 1. The molecule has 0 aromatic heterocycles. The van der Waals surface area contributed by atoms with Gasteiger partial charge in [0, 0.05) is 6.04 Å². The molecule has 0 amide bonds. The summed E-state index contributed by atoms with van der Waals surface area (Å²) in [6, 6.07) is 4.65. The lowest BCUT2D eigenvalue weighted by molar-refractivity contribution is 0.527. The first kappa shape index (κ1) is 16.6. The average molecular weight is 298 g/mol. The van der Waals surface area contributed by atoms with Crippen molar-refractivity contribution >= 4 is 10.0 Å². The summed E-state index contributed by atoms with van der Waals surface area (Å²) in [5, 5.41) is 8.73. The molecule has 0 saturated heterocycles. The van der Waals surface area contributed by atoms with Gasteiger partial charge in [-0.3, -0.25) is 0 Å². The molecule has 0 bridgehead atoms. The Morgan fingerprint density at radius 2 is 2.10 bits per heavy atom. The molecular formula is C14H19FN2O2S. The number of nitrogens with zero attached hydrogens (tertiary/aromatic N) is 1. The van der Waals surface area contributed by atoms with Gasteiger partial charge in [0.15, 0.2) is 0 Å². The third kappa shape index (κ3) is 4.58. The summed E-state index contributed by atoms with van der Waals surface area (Å²) in [4.78, 5) is -0.0854. The Labute approximate surface area is 119 Å². The van der Waals surface area contributed by atoms with Crippen LogP contribution in [0.5, 0.6) is 0 Å². The highest BCUT2D eigenvalue weighted by atomic mass is 32.2. The van der Waals surface area contributed by atoms with Gasteiger partial charge in [0.1, 0.15) is 11.9 Å². The van der Waals surface area contributed by atoms with Gasteiger partial charge in [-0.15, -0.1) is 0 Å². The van der Waals surface area contributed by atoms with Crippen LogP contribution < -0.4 is 4.72 Å². The molecule has 0 heterocycles. The first-order valence-electron chi connectivity index (χ1n) is 6.62. The highest BCUT2D eigenvalue weighted by Crippen LogP contribution is 2.15. The SMILES string of the molecule is CCCCCC(C)NS(=O)(=O)c1ccc(F)c(C#N)c1. The molecule has 6 heteroatoms. The number of rotatable bonds is 7. The van der Waals surface area contributed by atoms with E-state index in [4.69, 9.17) is 5.26 Å². The predicted octanol–water partition coefficient (Wildman–Crippen LogP) is 2.94. The smallest absolute Gasteiger partial charge is 0.208 e. The topological polar surface area (TPSA) is 70.0 Å². The average Bonchev–Trinajstić information content (AvgIpc) is 2.38. The minimum atomic E-state index is -3.71. The van der Waals surface area contributed by atoms with E-state index in [2.05, 4.69) is 11.6 Å². The number of nitriles is 1. The number of hydrogen-bond donors (Lipinski definition) is 1. The van der Waals surface area contributed by atoms with E-state index in [9.17, 15) is 12.8 Å². The number of nitrogens with one attached hydrogen (secondary N) is 1. The number of sulfonamides is 1. The number of unbranched alkanes of at least 4 members (excludes halogenated alkanes) is 2. The Kier molecular flexibility index (Phi) is 6.11. The van der Waals surface area contributed by atoms with Crippen molar-refractivity contribution < 1.29 is 12.8 Å². The summed E-state index contributed by atoms with van der Waals surface area (Å²) in [7, 11) is -3.71. The predicted molar refractivity (Wildman–Crippen MR) is 75.0 cm³/mol. The van der Waals surface area contributed by atoms with Crippen molar-refractivity contribution in [3.8, 4) is 6.07 Å². The lowest BCUT2D eigenvalue weighted by Crippen LogP contribution is -2.32. The van der Waals surface area contributed by atoms with Gasteiger partial charge in [-0.1, -0.05) is 26.2 Å². The molecule has 110 valence electrons. The molecule has 0 aliphatic heterocycles. The Bertz CT molecular complexity index is 594. The second-order valence-corrected chi connectivity index (χ2v) is 6.49. The van der Waals surface area contributed by atoms with Crippen LogP contribution in [0.4, 0.5) is 4.39 Å². The fraction of sp³-hybridized carbons (Fsp3) is 0.500. The molecule has 4 nitrogen and oxygen atoms in total. The summed E-state index contributed by atoms with van der Waals surface area (Å²) >= 11 is 0. The van der Waals surface area contributed by atoms with E-state index in [-0.39, 0.29) is 16.5 Å². The molecule has 1 aromatic carbocycles. The van der Waals surface area contributed by atoms with Crippen LogP contribution in [0.15, 0.2) is 23.1 Å². The zero-order valence-corrected chi connectivity index (χ0v) is 12.5.